The molecule has 9 nitrogen and oxygen atoms in total. The topological polar surface area (TPSA) is 125 Å². The number of esters is 2. The second kappa shape index (κ2) is 12.3. The second-order valence-corrected chi connectivity index (χ2v) is 7.36. The van der Waals surface area contributed by atoms with Gasteiger partial charge in [-0.3, -0.25) is 14.9 Å². The van der Waals surface area contributed by atoms with Crippen LogP contribution in [-0.4, -0.2) is 48.3 Å². The van der Waals surface area contributed by atoms with E-state index in [-0.39, 0.29) is 17.7 Å². The molecule has 0 aliphatic rings. The zero-order valence-electron chi connectivity index (χ0n) is 16.9. The Bertz CT molecular complexity index is 935. The molecule has 0 aliphatic carbocycles. The molecular formula is C21H22N2O7S. The van der Waals surface area contributed by atoms with Gasteiger partial charge in [0.2, 0.25) is 0 Å². The van der Waals surface area contributed by atoms with E-state index in [4.69, 9.17) is 9.47 Å². The summed E-state index contributed by atoms with van der Waals surface area (Å²) in [6, 6.07) is 13.0. The molecule has 31 heavy (non-hydrogen) atoms. The highest BCUT2D eigenvalue weighted by atomic mass is 32.2. The third-order valence-electron chi connectivity index (χ3n) is 3.87. The summed E-state index contributed by atoms with van der Waals surface area (Å²) in [4.78, 5) is 47.4. The van der Waals surface area contributed by atoms with E-state index in [0.717, 1.165) is 35.3 Å². The summed E-state index contributed by atoms with van der Waals surface area (Å²) < 4.78 is 9.72. The largest absolute Gasteiger partial charge is 0.462 e. The number of carbonyl (C=O) groups excluding carboxylic acids is 3. The zero-order valence-corrected chi connectivity index (χ0v) is 17.7. The molecule has 0 atom stereocenters. The quantitative estimate of drug-likeness (QED) is 0.183. The maximum atomic E-state index is 12.2. The van der Waals surface area contributed by atoms with E-state index in [1.807, 2.05) is 30.3 Å². The fraction of sp³-hybridized carbons (Fsp3) is 0.286. The number of thioether (sulfide) groups is 1. The van der Waals surface area contributed by atoms with Crippen molar-refractivity contribution in [1.29, 1.82) is 0 Å². The number of ether oxygens (including phenoxy) is 2. The minimum Gasteiger partial charge on any atom is -0.462 e. The molecule has 0 unspecified atom stereocenters. The molecule has 0 bridgehead atoms. The van der Waals surface area contributed by atoms with Crippen LogP contribution >= 0.6 is 11.8 Å². The number of nitro groups is 1. The van der Waals surface area contributed by atoms with E-state index in [9.17, 15) is 24.5 Å². The number of nitrogens with one attached hydrogen (secondary N) is 1. The lowest BCUT2D eigenvalue weighted by Crippen LogP contribution is -2.29. The highest BCUT2D eigenvalue weighted by molar-refractivity contribution is 7.99. The minimum absolute atomic E-state index is 0.0747. The Morgan fingerprint density at radius 1 is 1.03 bits per heavy atom. The highest BCUT2D eigenvalue weighted by Crippen LogP contribution is 2.19. The van der Waals surface area contributed by atoms with Crippen molar-refractivity contribution in [1.82, 2.24) is 5.32 Å². The Kier molecular flexibility index (Phi) is 9.50. The molecule has 0 spiro atoms. The SMILES string of the molecule is CCOC(=O)c1cc(C(=O)OCC(=O)NCCCSc2ccccc2)cc([N+](=O)[O-])c1. The van der Waals surface area contributed by atoms with E-state index in [1.54, 1.807) is 18.7 Å². The van der Waals surface area contributed by atoms with E-state index in [2.05, 4.69) is 5.32 Å². The van der Waals surface area contributed by atoms with Gasteiger partial charge < -0.3 is 14.8 Å². The van der Waals surface area contributed by atoms with Crippen molar-refractivity contribution in [2.24, 2.45) is 0 Å². The van der Waals surface area contributed by atoms with Gasteiger partial charge in [-0.15, -0.1) is 11.8 Å². The van der Waals surface area contributed by atoms with Gasteiger partial charge in [0.05, 0.1) is 22.7 Å². The number of nitrogens with zero attached hydrogens (tertiary/aromatic N) is 1. The summed E-state index contributed by atoms with van der Waals surface area (Å²) in [7, 11) is 0. The van der Waals surface area contributed by atoms with E-state index < -0.39 is 35.1 Å². The van der Waals surface area contributed by atoms with Crippen molar-refractivity contribution >= 4 is 35.3 Å². The molecule has 0 heterocycles. The van der Waals surface area contributed by atoms with Gasteiger partial charge in [0.15, 0.2) is 6.61 Å². The zero-order chi connectivity index (χ0) is 22.6. The average Bonchev–Trinajstić information content (AvgIpc) is 2.77. The summed E-state index contributed by atoms with van der Waals surface area (Å²) in [6.07, 6.45) is 0.729. The Balaban J connectivity index is 1.82. The third kappa shape index (κ3) is 8.09. The van der Waals surface area contributed by atoms with Gasteiger partial charge in [-0.25, -0.2) is 9.59 Å². The van der Waals surface area contributed by atoms with Crippen LogP contribution in [0.2, 0.25) is 0 Å². The smallest absolute Gasteiger partial charge is 0.338 e. The van der Waals surface area contributed by atoms with Crippen LogP contribution in [0.1, 0.15) is 34.1 Å². The summed E-state index contributed by atoms with van der Waals surface area (Å²) in [5.74, 6) is -1.43. The van der Waals surface area contributed by atoms with Gasteiger partial charge in [0.1, 0.15) is 0 Å². The van der Waals surface area contributed by atoms with Crippen molar-refractivity contribution in [3.63, 3.8) is 0 Å². The Hall–Kier alpha value is -3.40. The number of non-ortho nitro benzene ring substituents is 1. The number of hydrogen-bond donors (Lipinski definition) is 1. The molecule has 0 radical (unpaired) electrons. The van der Waals surface area contributed by atoms with E-state index in [0.29, 0.717) is 6.54 Å². The minimum atomic E-state index is -0.955. The number of hydrogen-bond acceptors (Lipinski definition) is 8. The first-order chi connectivity index (χ1) is 14.9. The molecule has 2 rings (SSSR count). The second-order valence-electron chi connectivity index (χ2n) is 6.19. The summed E-state index contributed by atoms with van der Waals surface area (Å²) in [5, 5.41) is 13.7. The standard InChI is InChI=1S/C21H22N2O7S/c1-2-29-20(25)15-11-16(13-17(12-15)23(27)28)21(26)30-14-19(24)22-9-6-10-31-18-7-4-3-5-8-18/h3-5,7-8,11-13H,2,6,9-10,14H2,1H3,(H,22,24). The van der Waals surface area contributed by atoms with E-state index >= 15 is 0 Å². The van der Waals surface area contributed by atoms with Crippen LogP contribution in [0.5, 0.6) is 0 Å². The molecule has 1 N–H and O–H groups in total. The Morgan fingerprint density at radius 2 is 1.68 bits per heavy atom. The van der Waals surface area contributed by atoms with Crippen LogP contribution in [0.15, 0.2) is 53.4 Å². The molecular weight excluding hydrogens is 424 g/mol. The molecule has 0 saturated carbocycles. The molecule has 1 amide bonds. The van der Waals surface area contributed by atoms with E-state index in [1.165, 1.54) is 0 Å². The van der Waals surface area contributed by atoms with Crippen LogP contribution in [0.3, 0.4) is 0 Å². The van der Waals surface area contributed by atoms with Crippen molar-refractivity contribution in [3.05, 3.63) is 69.8 Å². The number of nitro benzene ring substituents is 1. The van der Waals surface area contributed by atoms with Crippen LogP contribution < -0.4 is 5.32 Å². The lowest BCUT2D eigenvalue weighted by Gasteiger charge is -2.08. The Labute approximate surface area is 183 Å². The molecule has 0 aromatic heterocycles. The van der Waals surface area contributed by atoms with Crippen LogP contribution in [0.25, 0.3) is 0 Å². The molecule has 10 heteroatoms. The third-order valence-corrected chi connectivity index (χ3v) is 4.96. The Morgan fingerprint density at radius 3 is 2.29 bits per heavy atom. The first-order valence-electron chi connectivity index (χ1n) is 9.49. The van der Waals surface area contributed by atoms with Crippen molar-refractivity contribution in [2.45, 2.75) is 18.2 Å². The highest BCUT2D eigenvalue weighted by Gasteiger charge is 2.20. The van der Waals surface area contributed by atoms with Crippen LogP contribution in [0.4, 0.5) is 5.69 Å². The number of benzene rings is 2. The van der Waals surface area contributed by atoms with Gasteiger partial charge >= 0.3 is 11.9 Å². The van der Waals surface area contributed by atoms with Gasteiger partial charge in [0, 0.05) is 23.6 Å². The summed E-state index contributed by atoms with van der Waals surface area (Å²) in [5.41, 5.74) is -0.828. The average molecular weight is 446 g/mol. The molecule has 164 valence electrons. The summed E-state index contributed by atoms with van der Waals surface area (Å²) in [6.45, 7) is 1.54. The predicted octanol–water partition coefficient (Wildman–Crippen LogP) is 3.23. The molecule has 0 fully saturated rings. The van der Waals surface area contributed by atoms with Crippen LogP contribution in [-0.2, 0) is 14.3 Å². The van der Waals surface area contributed by atoms with Crippen molar-refractivity contribution in [2.75, 3.05) is 25.5 Å². The van der Waals surface area contributed by atoms with Gasteiger partial charge in [-0.2, -0.15) is 0 Å². The lowest BCUT2D eigenvalue weighted by atomic mass is 10.1. The van der Waals surface area contributed by atoms with Crippen LogP contribution in [0, 0.1) is 10.1 Å². The lowest BCUT2D eigenvalue weighted by molar-refractivity contribution is -0.384. The first kappa shape index (κ1) is 23.9. The van der Waals surface area contributed by atoms with Crippen molar-refractivity contribution in [3.8, 4) is 0 Å². The summed E-state index contributed by atoms with van der Waals surface area (Å²) >= 11 is 1.67. The molecule has 0 aliphatic heterocycles. The van der Waals surface area contributed by atoms with Gasteiger partial charge in [-0.1, -0.05) is 18.2 Å². The van der Waals surface area contributed by atoms with Gasteiger partial charge in [-0.05, 0) is 37.3 Å². The number of carbonyl (C=O) groups is 3. The maximum absolute atomic E-state index is 12.2. The number of rotatable bonds is 11. The molecule has 2 aromatic carbocycles. The molecule has 2 aromatic rings. The predicted molar refractivity (Wildman–Crippen MR) is 114 cm³/mol. The van der Waals surface area contributed by atoms with Crippen molar-refractivity contribution < 1.29 is 28.8 Å². The first-order valence-corrected chi connectivity index (χ1v) is 10.5. The number of amides is 1. The molecule has 0 saturated heterocycles. The van der Waals surface area contributed by atoms with Gasteiger partial charge in [0.25, 0.3) is 11.6 Å². The normalized spacial score (nSPS) is 10.2. The fourth-order valence-corrected chi connectivity index (χ4v) is 3.31. The monoisotopic (exact) mass is 446 g/mol. The maximum Gasteiger partial charge on any atom is 0.338 e. The fourth-order valence-electron chi connectivity index (χ4n) is 2.44.